The maximum absolute atomic E-state index is 11.2. The minimum absolute atomic E-state index is 0.433. The largest absolute Gasteiger partial charge is 0.480 e. The fourth-order valence-corrected chi connectivity index (χ4v) is 2.50. The van der Waals surface area contributed by atoms with Crippen LogP contribution in [0.2, 0.25) is 0 Å². The standard InChI is InChI=1S/C9H15NO2/c1-10-6-2-5-9(10,8(11)12)7-3-4-7/h7H,2-6H2,1H3,(H,11,12). The van der Waals surface area contributed by atoms with Crippen LogP contribution in [-0.2, 0) is 4.79 Å². The molecule has 0 bridgehead atoms. The molecule has 3 heteroatoms. The number of hydrogen-bond donors (Lipinski definition) is 1. The Balaban J connectivity index is 2.26. The summed E-state index contributed by atoms with van der Waals surface area (Å²) in [7, 11) is 1.94. The van der Waals surface area contributed by atoms with Crippen molar-refractivity contribution in [2.75, 3.05) is 13.6 Å². The van der Waals surface area contributed by atoms with Crippen LogP contribution in [0.5, 0.6) is 0 Å². The Morgan fingerprint density at radius 2 is 2.25 bits per heavy atom. The Kier molecular flexibility index (Phi) is 1.65. The van der Waals surface area contributed by atoms with Gasteiger partial charge in [-0.3, -0.25) is 9.69 Å². The van der Waals surface area contributed by atoms with Crippen molar-refractivity contribution >= 4 is 5.97 Å². The summed E-state index contributed by atoms with van der Waals surface area (Å²) in [5.74, 6) is -0.174. The van der Waals surface area contributed by atoms with Gasteiger partial charge in [-0.1, -0.05) is 0 Å². The minimum Gasteiger partial charge on any atom is -0.480 e. The lowest BCUT2D eigenvalue weighted by molar-refractivity contribution is -0.150. The van der Waals surface area contributed by atoms with E-state index in [1.807, 2.05) is 11.9 Å². The molecule has 1 atom stereocenters. The van der Waals surface area contributed by atoms with Crippen molar-refractivity contribution < 1.29 is 9.90 Å². The van der Waals surface area contributed by atoms with Crippen molar-refractivity contribution in [3.8, 4) is 0 Å². The summed E-state index contributed by atoms with van der Waals surface area (Å²) < 4.78 is 0. The molecule has 1 N–H and O–H groups in total. The van der Waals surface area contributed by atoms with E-state index in [0.29, 0.717) is 5.92 Å². The van der Waals surface area contributed by atoms with Crippen molar-refractivity contribution in [3.05, 3.63) is 0 Å². The Morgan fingerprint density at radius 1 is 1.58 bits per heavy atom. The summed E-state index contributed by atoms with van der Waals surface area (Å²) in [4.78, 5) is 13.2. The lowest BCUT2D eigenvalue weighted by atomic mass is 9.90. The highest BCUT2D eigenvalue weighted by Gasteiger charge is 2.55. The Morgan fingerprint density at radius 3 is 2.58 bits per heavy atom. The van der Waals surface area contributed by atoms with E-state index in [2.05, 4.69) is 0 Å². The normalized spacial score (nSPS) is 37.1. The summed E-state index contributed by atoms with van der Waals surface area (Å²) >= 11 is 0. The zero-order valence-electron chi connectivity index (χ0n) is 7.42. The molecule has 0 amide bonds. The van der Waals surface area contributed by atoms with Crippen LogP contribution < -0.4 is 0 Å². The van der Waals surface area contributed by atoms with Crippen LogP contribution in [0, 0.1) is 5.92 Å². The molecule has 12 heavy (non-hydrogen) atoms. The van der Waals surface area contributed by atoms with E-state index in [1.54, 1.807) is 0 Å². The second-order valence-electron chi connectivity index (χ2n) is 4.03. The van der Waals surface area contributed by atoms with Crippen molar-refractivity contribution in [1.82, 2.24) is 4.90 Å². The molecule has 1 aliphatic carbocycles. The lowest BCUT2D eigenvalue weighted by Crippen LogP contribution is -2.50. The SMILES string of the molecule is CN1CCCC1(C(=O)O)C1CC1. The van der Waals surface area contributed by atoms with Crippen LogP contribution in [0.4, 0.5) is 0 Å². The van der Waals surface area contributed by atoms with E-state index in [-0.39, 0.29) is 0 Å². The molecule has 0 aromatic heterocycles. The zero-order chi connectivity index (χ0) is 8.77. The smallest absolute Gasteiger partial charge is 0.324 e. The van der Waals surface area contributed by atoms with Gasteiger partial charge in [0.15, 0.2) is 0 Å². The predicted molar refractivity (Wildman–Crippen MR) is 45.0 cm³/mol. The maximum Gasteiger partial charge on any atom is 0.324 e. The summed E-state index contributed by atoms with van der Waals surface area (Å²) in [6.45, 7) is 0.947. The predicted octanol–water partition coefficient (Wildman–Crippen LogP) is 0.945. The lowest BCUT2D eigenvalue weighted by Gasteiger charge is -2.31. The quantitative estimate of drug-likeness (QED) is 0.669. The molecule has 0 radical (unpaired) electrons. The second kappa shape index (κ2) is 2.46. The number of carboxylic acids is 1. The first-order chi connectivity index (χ1) is 5.68. The molecule has 0 aromatic rings. The fraction of sp³-hybridized carbons (Fsp3) is 0.889. The summed E-state index contributed by atoms with van der Waals surface area (Å²) in [6, 6.07) is 0. The molecule has 68 valence electrons. The van der Waals surface area contributed by atoms with Gasteiger partial charge in [-0.15, -0.1) is 0 Å². The molecule has 1 saturated carbocycles. The molecule has 1 unspecified atom stereocenters. The van der Waals surface area contributed by atoms with Crippen molar-refractivity contribution in [2.24, 2.45) is 5.92 Å². The molecular weight excluding hydrogens is 154 g/mol. The van der Waals surface area contributed by atoms with Gasteiger partial charge in [0.1, 0.15) is 5.54 Å². The van der Waals surface area contributed by atoms with Gasteiger partial charge in [-0.25, -0.2) is 0 Å². The molecule has 1 saturated heterocycles. The molecule has 2 aliphatic rings. The van der Waals surface area contributed by atoms with Gasteiger partial charge >= 0.3 is 5.97 Å². The number of aliphatic carboxylic acids is 1. The number of carboxylic acid groups (broad SMARTS) is 1. The average Bonchev–Trinajstić information content (AvgIpc) is 2.76. The first-order valence-electron chi connectivity index (χ1n) is 4.62. The van der Waals surface area contributed by atoms with Crippen LogP contribution in [-0.4, -0.2) is 35.1 Å². The Labute approximate surface area is 72.4 Å². The van der Waals surface area contributed by atoms with Crippen molar-refractivity contribution in [2.45, 2.75) is 31.2 Å². The number of likely N-dealkylation sites (tertiary alicyclic amines) is 1. The first-order valence-corrected chi connectivity index (χ1v) is 4.62. The van der Waals surface area contributed by atoms with Crippen LogP contribution >= 0.6 is 0 Å². The zero-order valence-corrected chi connectivity index (χ0v) is 7.42. The van der Waals surface area contributed by atoms with Gasteiger partial charge in [0.05, 0.1) is 0 Å². The summed E-state index contributed by atoms with van der Waals surface area (Å²) in [6.07, 6.45) is 4.11. The number of carbonyl (C=O) groups is 1. The molecule has 1 heterocycles. The highest BCUT2D eigenvalue weighted by molar-refractivity contribution is 5.80. The molecule has 1 aliphatic heterocycles. The van der Waals surface area contributed by atoms with E-state index in [4.69, 9.17) is 0 Å². The van der Waals surface area contributed by atoms with Gasteiger partial charge in [0, 0.05) is 0 Å². The van der Waals surface area contributed by atoms with Crippen LogP contribution in [0.3, 0.4) is 0 Å². The van der Waals surface area contributed by atoms with Crippen LogP contribution in [0.1, 0.15) is 25.7 Å². The van der Waals surface area contributed by atoms with Gasteiger partial charge in [0.2, 0.25) is 0 Å². The molecule has 3 nitrogen and oxygen atoms in total. The van der Waals surface area contributed by atoms with Gasteiger partial charge in [-0.2, -0.15) is 0 Å². The van der Waals surface area contributed by atoms with E-state index in [9.17, 15) is 9.90 Å². The van der Waals surface area contributed by atoms with E-state index in [0.717, 1.165) is 32.2 Å². The molecule has 0 spiro atoms. The summed E-state index contributed by atoms with van der Waals surface area (Å²) in [5, 5.41) is 9.20. The third-order valence-electron chi connectivity index (χ3n) is 3.36. The van der Waals surface area contributed by atoms with Crippen molar-refractivity contribution in [3.63, 3.8) is 0 Å². The first kappa shape index (κ1) is 8.05. The van der Waals surface area contributed by atoms with Gasteiger partial charge in [0.25, 0.3) is 0 Å². The third-order valence-corrected chi connectivity index (χ3v) is 3.36. The number of nitrogens with zero attached hydrogens (tertiary/aromatic N) is 1. The van der Waals surface area contributed by atoms with E-state index < -0.39 is 11.5 Å². The maximum atomic E-state index is 11.2. The number of hydrogen-bond acceptors (Lipinski definition) is 2. The highest BCUT2D eigenvalue weighted by Crippen LogP contribution is 2.48. The fourth-order valence-electron chi connectivity index (χ4n) is 2.50. The second-order valence-corrected chi connectivity index (χ2v) is 4.03. The topological polar surface area (TPSA) is 40.5 Å². The minimum atomic E-state index is -0.606. The molecule has 2 rings (SSSR count). The van der Waals surface area contributed by atoms with Gasteiger partial charge < -0.3 is 5.11 Å². The Bertz CT molecular complexity index is 213. The molecular formula is C9H15NO2. The van der Waals surface area contributed by atoms with Crippen LogP contribution in [0.25, 0.3) is 0 Å². The molecule has 2 fully saturated rings. The Hall–Kier alpha value is -0.570. The van der Waals surface area contributed by atoms with E-state index >= 15 is 0 Å². The molecule has 0 aromatic carbocycles. The monoisotopic (exact) mass is 169 g/mol. The van der Waals surface area contributed by atoms with Crippen molar-refractivity contribution in [1.29, 1.82) is 0 Å². The highest BCUT2D eigenvalue weighted by atomic mass is 16.4. The van der Waals surface area contributed by atoms with Crippen LogP contribution in [0.15, 0.2) is 0 Å². The number of rotatable bonds is 2. The van der Waals surface area contributed by atoms with Gasteiger partial charge in [-0.05, 0) is 45.2 Å². The average molecular weight is 169 g/mol. The van der Waals surface area contributed by atoms with E-state index in [1.165, 1.54) is 0 Å². The summed E-state index contributed by atoms with van der Waals surface area (Å²) in [5.41, 5.74) is -0.486. The number of likely N-dealkylation sites (N-methyl/N-ethyl adjacent to an activating group) is 1. The third kappa shape index (κ3) is 0.891.